The van der Waals surface area contributed by atoms with Crippen LogP contribution in [-0.4, -0.2) is 56.3 Å². The van der Waals surface area contributed by atoms with Gasteiger partial charge in [0.25, 0.3) is 0 Å². The van der Waals surface area contributed by atoms with Gasteiger partial charge in [-0.25, -0.2) is 0 Å². The SMILES string of the molecule is CC(O)C(c1nnco1)N1CC2(CCCN2)C1O. The van der Waals surface area contributed by atoms with Gasteiger partial charge in [0.2, 0.25) is 12.3 Å². The van der Waals surface area contributed by atoms with E-state index >= 15 is 0 Å². The Morgan fingerprint density at radius 3 is 3.00 bits per heavy atom. The van der Waals surface area contributed by atoms with E-state index in [0.717, 1.165) is 19.4 Å². The van der Waals surface area contributed by atoms with E-state index in [2.05, 4.69) is 15.5 Å². The lowest BCUT2D eigenvalue weighted by Gasteiger charge is -2.55. The molecule has 100 valence electrons. The summed E-state index contributed by atoms with van der Waals surface area (Å²) in [6.07, 6.45) is 1.97. The zero-order valence-electron chi connectivity index (χ0n) is 10.3. The van der Waals surface area contributed by atoms with Gasteiger partial charge in [0.05, 0.1) is 11.6 Å². The molecule has 2 aliphatic heterocycles. The first-order chi connectivity index (χ1) is 8.64. The van der Waals surface area contributed by atoms with Crippen LogP contribution in [0.1, 0.15) is 31.7 Å². The lowest BCUT2D eigenvalue weighted by atomic mass is 9.83. The van der Waals surface area contributed by atoms with E-state index in [1.54, 1.807) is 11.8 Å². The third kappa shape index (κ3) is 1.66. The Bertz CT molecular complexity index is 402. The van der Waals surface area contributed by atoms with E-state index < -0.39 is 18.4 Å². The molecule has 1 aromatic heterocycles. The summed E-state index contributed by atoms with van der Waals surface area (Å²) in [6, 6.07) is -0.449. The van der Waals surface area contributed by atoms with E-state index in [0.29, 0.717) is 12.4 Å². The molecule has 0 amide bonds. The standard InChI is InChI=1S/C11H18N4O3/c1-7(16)8(9-14-13-6-18-9)15-5-11(10(15)17)3-2-4-12-11/h6-8,10,12,16-17H,2-5H2,1H3. The van der Waals surface area contributed by atoms with E-state index in [4.69, 9.17) is 4.42 Å². The molecule has 1 aromatic rings. The van der Waals surface area contributed by atoms with Gasteiger partial charge in [0, 0.05) is 6.54 Å². The highest BCUT2D eigenvalue weighted by Gasteiger charge is 2.56. The second-order valence-corrected chi connectivity index (χ2v) is 5.19. The average Bonchev–Trinajstić information content (AvgIpc) is 2.99. The first-order valence-corrected chi connectivity index (χ1v) is 6.27. The molecule has 0 saturated carbocycles. The Morgan fingerprint density at radius 2 is 2.50 bits per heavy atom. The van der Waals surface area contributed by atoms with Gasteiger partial charge in [-0.2, -0.15) is 0 Å². The molecule has 0 aliphatic carbocycles. The molecular formula is C11H18N4O3. The van der Waals surface area contributed by atoms with Crippen molar-refractivity contribution in [3.8, 4) is 0 Å². The molecule has 2 fully saturated rings. The van der Waals surface area contributed by atoms with Crippen LogP contribution in [-0.2, 0) is 0 Å². The highest BCUT2D eigenvalue weighted by atomic mass is 16.4. The Labute approximate surface area is 105 Å². The number of rotatable bonds is 3. The van der Waals surface area contributed by atoms with Gasteiger partial charge in [0.15, 0.2) is 0 Å². The zero-order chi connectivity index (χ0) is 12.8. The molecule has 3 N–H and O–H groups in total. The largest absolute Gasteiger partial charge is 0.426 e. The van der Waals surface area contributed by atoms with Crippen LogP contribution in [0.2, 0.25) is 0 Å². The Balaban J connectivity index is 1.78. The second-order valence-electron chi connectivity index (χ2n) is 5.19. The Morgan fingerprint density at radius 1 is 1.67 bits per heavy atom. The maximum atomic E-state index is 10.3. The summed E-state index contributed by atoms with van der Waals surface area (Å²) < 4.78 is 5.16. The number of hydrogen-bond donors (Lipinski definition) is 3. The van der Waals surface area contributed by atoms with Crippen molar-refractivity contribution < 1.29 is 14.6 Å². The molecule has 4 atom stereocenters. The molecule has 3 heterocycles. The van der Waals surface area contributed by atoms with Crippen molar-refractivity contribution in [3.63, 3.8) is 0 Å². The summed E-state index contributed by atoms with van der Waals surface area (Å²) in [4.78, 5) is 1.80. The molecule has 0 radical (unpaired) electrons. The number of nitrogens with one attached hydrogen (secondary N) is 1. The van der Waals surface area contributed by atoms with Crippen molar-refractivity contribution in [2.75, 3.05) is 13.1 Å². The molecule has 1 spiro atoms. The van der Waals surface area contributed by atoms with Crippen molar-refractivity contribution >= 4 is 0 Å². The van der Waals surface area contributed by atoms with E-state index in [-0.39, 0.29) is 5.54 Å². The fourth-order valence-corrected chi connectivity index (χ4v) is 3.07. The molecule has 0 aromatic carbocycles. The molecule has 7 heteroatoms. The van der Waals surface area contributed by atoms with Gasteiger partial charge in [-0.05, 0) is 26.3 Å². The summed E-state index contributed by atoms with van der Waals surface area (Å²) in [7, 11) is 0. The Kier molecular flexibility index (Phi) is 2.86. The van der Waals surface area contributed by atoms with Crippen LogP contribution in [0.5, 0.6) is 0 Å². The smallest absolute Gasteiger partial charge is 0.236 e. The number of aliphatic hydroxyl groups excluding tert-OH is 2. The molecule has 0 bridgehead atoms. The van der Waals surface area contributed by atoms with Gasteiger partial charge in [0.1, 0.15) is 12.3 Å². The number of nitrogens with zero attached hydrogens (tertiary/aromatic N) is 3. The van der Waals surface area contributed by atoms with Gasteiger partial charge in [-0.3, -0.25) is 4.90 Å². The fourth-order valence-electron chi connectivity index (χ4n) is 3.07. The van der Waals surface area contributed by atoms with E-state index in [1.807, 2.05) is 0 Å². The summed E-state index contributed by atoms with van der Waals surface area (Å²) in [6.45, 7) is 3.28. The quantitative estimate of drug-likeness (QED) is 0.653. The lowest BCUT2D eigenvalue weighted by Crippen LogP contribution is -2.74. The summed E-state index contributed by atoms with van der Waals surface area (Å²) in [5.41, 5.74) is -0.215. The van der Waals surface area contributed by atoms with Crippen LogP contribution in [0, 0.1) is 0 Å². The maximum Gasteiger partial charge on any atom is 0.236 e. The monoisotopic (exact) mass is 254 g/mol. The van der Waals surface area contributed by atoms with Crippen molar-refractivity contribution in [1.82, 2.24) is 20.4 Å². The molecule has 3 rings (SSSR count). The highest BCUT2D eigenvalue weighted by Crippen LogP contribution is 2.41. The van der Waals surface area contributed by atoms with Crippen molar-refractivity contribution in [2.24, 2.45) is 0 Å². The highest BCUT2D eigenvalue weighted by molar-refractivity contribution is 5.12. The van der Waals surface area contributed by atoms with Gasteiger partial charge in [-0.1, -0.05) is 0 Å². The predicted molar refractivity (Wildman–Crippen MR) is 61.4 cm³/mol. The third-order valence-electron chi connectivity index (χ3n) is 3.99. The molecule has 7 nitrogen and oxygen atoms in total. The van der Waals surface area contributed by atoms with E-state index in [9.17, 15) is 10.2 Å². The van der Waals surface area contributed by atoms with Crippen LogP contribution in [0.3, 0.4) is 0 Å². The molecule has 2 aliphatic rings. The minimum atomic E-state index is -0.682. The second kappa shape index (κ2) is 4.27. The molecule has 4 unspecified atom stereocenters. The molecule has 2 saturated heterocycles. The predicted octanol–water partition coefficient (Wildman–Crippen LogP) is -0.752. The van der Waals surface area contributed by atoms with E-state index in [1.165, 1.54) is 6.39 Å². The first kappa shape index (κ1) is 12.0. The van der Waals surface area contributed by atoms with Crippen LogP contribution in [0.4, 0.5) is 0 Å². The van der Waals surface area contributed by atoms with Gasteiger partial charge in [-0.15, -0.1) is 10.2 Å². The van der Waals surface area contributed by atoms with Gasteiger partial charge < -0.3 is 19.9 Å². The number of hydrogen-bond acceptors (Lipinski definition) is 7. The minimum Gasteiger partial charge on any atom is -0.426 e. The van der Waals surface area contributed by atoms with Crippen LogP contribution in [0.25, 0.3) is 0 Å². The third-order valence-corrected chi connectivity index (χ3v) is 3.99. The Hall–Kier alpha value is -1.02. The zero-order valence-corrected chi connectivity index (χ0v) is 10.3. The van der Waals surface area contributed by atoms with Crippen molar-refractivity contribution in [2.45, 2.75) is 43.7 Å². The van der Waals surface area contributed by atoms with Crippen molar-refractivity contribution in [3.05, 3.63) is 12.3 Å². The number of likely N-dealkylation sites (tertiary alicyclic amines) is 1. The molecule has 18 heavy (non-hydrogen) atoms. The molecular weight excluding hydrogens is 236 g/mol. The van der Waals surface area contributed by atoms with Gasteiger partial charge >= 0.3 is 0 Å². The van der Waals surface area contributed by atoms with Crippen LogP contribution >= 0.6 is 0 Å². The normalized spacial score (nSPS) is 35.6. The summed E-state index contributed by atoms with van der Waals surface area (Å²) >= 11 is 0. The number of aliphatic hydroxyl groups is 2. The maximum absolute atomic E-state index is 10.3. The van der Waals surface area contributed by atoms with Crippen LogP contribution in [0.15, 0.2) is 10.8 Å². The van der Waals surface area contributed by atoms with Crippen LogP contribution < -0.4 is 5.32 Å². The minimum absolute atomic E-state index is 0.215. The lowest BCUT2D eigenvalue weighted by molar-refractivity contribution is -0.192. The number of aromatic nitrogens is 2. The topological polar surface area (TPSA) is 94.7 Å². The average molecular weight is 254 g/mol. The fraction of sp³-hybridized carbons (Fsp3) is 0.818. The summed E-state index contributed by atoms with van der Waals surface area (Å²) in [5, 5.41) is 31.0. The first-order valence-electron chi connectivity index (χ1n) is 6.27. The summed E-state index contributed by atoms with van der Waals surface area (Å²) in [5.74, 6) is 0.344. The van der Waals surface area contributed by atoms with Crippen molar-refractivity contribution in [1.29, 1.82) is 0 Å².